The van der Waals surface area contributed by atoms with Crippen molar-refractivity contribution in [2.75, 3.05) is 13.1 Å². The first kappa shape index (κ1) is 16.5. The van der Waals surface area contributed by atoms with Gasteiger partial charge in [0.15, 0.2) is 5.76 Å². The van der Waals surface area contributed by atoms with E-state index in [-0.39, 0.29) is 12.6 Å². The molecule has 6 heteroatoms. The van der Waals surface area contributed by atoms with E-state index >= 15 is 0 Å². The van der Waals surface area contributed by atoms with Crippen molar-refractivity contribution in [2.45, 2.75) is 52.7 Å². The Bertz CT molecular complexity index is 435. The monoisotopic (exact) mass is 283 g/mol. The summed E-state index contributed by atoms with van der Waals surface area (Å²) in [5.41, 5.74) is -0.0391. The summed E-state index contributed by atoms with van der Waals surface area (Å²) in [5.74, 6) is 0.923. The van der Waals surface area contributed by atoms with Crippen LogP contribution in [0, 0.1) is 0 Å². The molecule has 114 valence electrons. The summed E-state index contributed by atoms with van der Waals surface area (Å²) in [4.78, 5) is 13.6. The molecule has 0 aliphatic heterocycles. The van der Waals surface area contributed by atoms with Crippen LogP contribution >= 0.6 is 0 Å². The quantitative estimate of drug-likeness (QED) is 0.838. The zero-order chi connectivity index (χ0) is 15.3. The number of hydrogen-bond acceptors (Lipinski definition) is 4. The molecule has 0 aliphatic rings. The van der Waals surface area contributed by atoms with Crippen LogP contribution in [0.25, 0.3) is 0 Å². The molecule has 2 N–H and O–H groups in total. The van der Waals surface area contributed by atoms with Crippen molar-refractivity contribution < 1.29 is 14.4 Å². The van der Waals surface area contributed by atoms with Crippen LogP contribution < -0.4 is 5.32 Å². The number of rotatable bonds is 6. The zero-order valence-electron chi connectivity index (χ0n) is 12.9. The second kappa shape index (κ2) is 6.74. The molecule has 0 aromatic carbocycles. The summed E-state index contributed by atoms with van der Waals surface area (Å²) in [6.45, 7) is 10.4. The number of likely N-dealkylation sites (N-methyl/N-ethyl adjacent to an activating group) is 1. The Morgan fingerprint density at radius 2 is 2.20 bits per heavy atom. The second-order valence-electron chi connectivity index (χ2n) is 5.86. The third-order valence-corrected chi connectivity index (χ3v) is 2.83. The lowest BCUT2D eigenvalue weighted by molar-refractivity contribution is 0.0479. The van der Waals surface area contributed by atoms with Gasteiger partial charge >= 0.3 is 6.03 Å². The Balaban J connectivity index is 2.52. The van der Waals surface area contributed by atoms with Gasteiger partial charge < -0.3 is 19.8 Å². The first-order chi connectivity index (χ1) is 9.23. The Labute approximate surface area is 120 Å². The van der Waals surface area contributed by atoms with Gasteiger partial charge in [-0.3, -0.25) is 0 Å². The Morgan fingerprint density at radius 1 is 1.55 bits per heavy atom. The maximum Gasteiger partial charge on any atom is 0.317 e. The van der Waals surface area contributed by atoms with E-state index in [1.165, 1.54) is 0 Å². The fourth-order valence-corrected chi connectivity index (χ4v) is 1.75. The molecule has 0 bridgehead atoms. The van der Waals surface area contributed by atoms with Gasteiger partial charge in [-0.15, -0.1) is 0 Å². The van der Waals surface area contributed by atoms with Gasteiger partial charge in [-0.05, 0) is 26.7 Å². The highest BCUT2D eigenvalue weighted by Gasteiger charge is 2.21. The van der Waals surface area contributed by atoms with Crippen molar-refractivity contribution in [1.29, 1.82) is 0 Å². The number of carbonyl (C=O) groups is 1. The number of nitrogens with zero attached hydrogens (tertiary/aromatic N) is 2. The predicted octanol–water partition coefficient (Wildman–Crippen LogP) is 2.10. The van der Waals surface area contributed by atoms with Gasteiger partial charge in [0, 0.05) is 12.6 Å². The van der Waals surface area contributed by atoms with E-state index in [2.05, 4.69) is 10.5 Å². The number of aromatic nitrogens is 1. The van der Waals surface area contributed by atoms with Crippen LogP contribution in [0.5, 0.6) is 0 Å². The first-order valence-electron chi connectivity index (χ1n) is 6.93. The fraction of sp³-hybridized carbons (Fsp3) is 0.714. The van der Waals surface area contributed by atoms with E-state index in [1.54, 1.807) is 18.7 Å². The molecule has 0 fully saturated rings. The van der Waals surface area contributed by atoms with E-state index in [1.807, 2.05) is 26.8 Å². The molecule has 1 rings (SSSR count). The van der Waals surface area contributed by atoms with Crippen LogP contribution in [0.4, 0.5) is 4.79 Å². The zero-order valence-corrected chi connectivity index (χ0v) is 12.9. The van der Waals surface area contributed by atoms with Crippen LogP contribution in [-0.2, 0) is 6.54 Å². The SMILES string of the molecule is CCN(CC(C)(C)O)C(=O)NCc1cc(C(C)C)no1. The van der Waals surface area contributed by atoms with E-state index in [4.69, 9.17) is 4.52 Å². The number of amides is 2. The minimum atomic E-state index is -0.912. The Morgan fingerprint density at radius 3 is 2.65 bits per heavy atom. The van der Waals surface area contributed by atoms with Gasteiger partial charge in [0.2, 0.25) is 0 Å². The lowest BCUT2D eigenvalue weighted by Crippen LogP contribution is -2.46. The minimum absolute atomic E-state index is 0.225. The van der Waals surface area contributed by atoms with Crippen molar-refractivity contribution >= 4 is 6.03 Å². The number of aliphatic hydroxyl groups is 1. The number of carbonyl (C=O) groups excluding carboxylic acids is 1. The molecule has 0 unspecified atom stereocenters. The average molecular weight is 283 g/mol. The highest BCUT2D eigenvalue weighted by atomic mass is 16.5. The van der Waals surface area contributed by atoms with E-state index < -0.39 is 5.60 Å². The van der Waals surface area contributed by atoms with Gasteiger partial charge in [0.05, 0.1) is 24.4 Å². The third-order valence-electron chi connectivity index (χ3n) is 2.83. The summed E-state index contributed by atoms with van der Waals surface area (Å²) in [6.07, 6.45) is 0. The lowest BCUT2D eigenvalue weighted by atomic mass is 10.1. The molecule has 20 heavy (non-hydrogen) atoms. The van der Waals surface area contributed by atoms with E-state index in [9.17, 15) is 9.90 Å². The van der Waals surface area contributed by atoms with Gasteiger partial charge in [-0.1, -0.05) is 19.0 Å². The van der Waals surface area contributed by atoms with Gasteiger partial charge in [0.25, 0.3) is 0 Å². The van der Waals surface area contributed by atoms with Crippen molar-refractivity contribution in [3.05, 3.63) is 17.5 Å². The van der Waals surface area contributed by atoms with Crippen LogP contribution in [0.1, 0.15) is 52.0 Å². The number of hydrogen-bond donors (Lipinski definition) is 2. The topological polar surface area (TPSA) is 78.6 Å². The molecule has 0 radical (unpaired) electrons. The van der Waals surface area contributed by atoms with Crippen LogP contribution in [-0.4, -0.2) is 39.9 Å². The highest BCUT2D eigenvalue weighted by Crippen LogP contribution is 2.14. The molecule has 0 saturated heterocycles. The standard InChI is InChI=1S/C14H25N3O3/c1-6-17(9-14(4,5)19)13(18)15-8-11-7-12(10(2)3)16-20-11/h7,10,19H,6,8-9H2,1-5H3,(H,15,18). The summed E-state index contributed by atoms with van der Waals surface area (Å²) in [5, 5.41) is 16.5. The molecule has 0 spiro atoms. The molecule has 0 saturated carbocycles. The maximum absolute atomic E-state index is 12.0. The highest BCUT2D eigenvalue weighted by molar-refractivity contribution is 5.74. The maximum atomic E-state index is 12.0. The largest absolute Gasteiger partial charge is 0.389 e. The number of nitrogens with one attached hydrogen (secondary N) is 1. The molecule has 0 aliphatic carbocycles. The number of urea groups is 1. The Kier molecular flexibility index (Phi) is 5.56. The molecule has 1 heterocycles. The van der Waals surface area contributed by atoms with E-state index in [0.717, 1.165) is 5.69 Å². The predicted molar refractivity (Wildman–Crippen MR) is 76.4 cm³/mol. The fourth-order valence-electron chi connectivity index (χ4n) is 1.75. The first-order valence-corrected chi connectivity index (χ1v) is 6.93. The molecule has 1 aromatic rings. The molecule has 0 atom stereocenters. The van der Waals surface area contributed by atoms with Gasteiger partial charge in [-0.25, -0.2) is 4.79 Å². The molecule has 1 aromatic heterocycles. The van der Waals surface area contributed by atoms with E-state index in [0.29, 0.717) is 24.8 Å². The van der Waals surface area contributed by atoms with Gasteiger partial charge in [-0.2, -0.15) is 0 Å². The Hall–Kier alpha value is -1.56. The summed E-state index contributed by atoms with van der Waals surface area (Å²) in [7, 11) is 0. The molecule has 2 amide bonds. The minimum Gasteiger partial charge on any atom is -0.389 e. The normalized spacial score (nSPS) is 11.8. The van der Waals surface area contributed by atoms with Crippen molar-refractivity contribution in [3.8, 4) is 0 Å². The van der Waals surface area contributed by atoms with Crippen molar-refractivity contribution in [2.24, 2.45) is 0 Å². The van der Waals surface area contributed by atoms with Crippen LogP contribution in [0.3, 0.4) is 0 Å². The van der Waals surface area contributed by atoms with Crippen molar-refractivity contribution in [3.63, 3.8) is 0 Å². The summed E-state index contributed by atoms with van der Waals surface area (Å²) < 4.78 is 5.16. The van der Waals surface area contributed by atoms with Crippen LogP contribution in [0.2, 0.25) is 0 Å². The summed E-state index contributed by atoms with van der Waals surface area (Å²) in [6, 6.07) is 1.62. The third kappa shape index (κ3) is 5.21. The molecular formula is C14H25N3O3. The summed E-state index contributed by atoms with van der Waals surface area (Å²) >= 11 is 0. The molecular weight excluding hydrogens is 258 g/mol. The van der Waals surface area contributed by atoms with Crippen molar-refractivity contribution in [1.82, 2.24) is 15.4 Å². The molecule has 6 nitrogen and oxygen atoms in total. The van der Waals surface area contributed by atoms with Gasteiger partial charge in [0.1, 0.15) is 0 Å². The second-order valence-corrected chi connectivity index (χ2v) is 5.86. The average Bonchev–Trinajstić information content (AvgIpc) is 2.80. The smallest absolute Gasteiger partial charge is 0.317 e. The van der Waals surface area contributed by atoms with Crippen LogP contribution in [0.15, 0.2) is 10.6 Å². The lowest BCUT2D eigenvalue weighted by Gasteiger charge is -2.28.